The fourth-order valence-corrected chi connectivity index (χ4v) is 2.38. The average Bonchev–Trinajstić information content (AvgIpc) is 2.34. The lowest BCUT2D eigenvalue weighted by Gasteiger charge is -2.07. The summed E-state index contributed by atoms with van der Waals surface area (Å²) in [7, 11) is 0. The van der Waals surface area contributed by atoms with Gasteiger partial charge in [0, 0.05) is 6.54 Å². The van der Waals surface area contributed by atoms with E-state index in [1.54, 1.807) is 6.07 Å². The van der Waals surface area contributed by atoms with E-state index in [4.69, 9.17) is 28.9 Å². The first kappa shape index (κ1) is 16.1. The summed E-state index contributed by atoms with van der Waals surface area (Å²) in [5.41, 5.74) is 5.86. The molecule has 0 spiro atoms. The Morgan fingerprint density at radius 3 is 2.68 bits per heavy atom. The van der Waals surface area contributed by atoms with E-state index in [9.17, 15) is 9.59 Å². The van der Waals surface area contributed by atoms with Crippen LogP contribution in [0.1, 0.15) is 5.56 Å². The molecule has 104 valence electrons. The van der Waals surface area contributed by atoms with Crippen molar-refractivity contribution in [3.63, 3.8) is 0 Å². The van der Waals surface area contributed by atoms with Crippen LogP contribution in [0.15, 0.2) is 18.2 Å². The number of amides is 2. The van der Waals surface area contributed by atoms with Crippen molar-refractivity contribution in [2.45, 2.75) is 6.42 Å². The molecule has 0 aliphatic carbocycles. The molecule has 1 aromatic carbocycles. The highest BCUT2D eigenvalue weighted by molar-refractivity contribution is 8.00. The lowest BCUT2D eigenvalue weighted by atomic mass is 10.1. The van der Waals surface area contributed by atoms with Gasteiger partial charge in [0.15, 0.2) is 0 Å². The zero-order valence-corrected chi connectivity index (χ0v) is 12.4. The number of nitrogens with two attached hydrogens (primary N) is 1. The molecule has 0 saturated carbocycles. The third-order valence-electron chi connectivity index (χ3n) is 2.23. The summed E-state index contributed by atoms with van der Waals surface area (Å²) in [6, 6.07) is 5.39. The summed E-state index contributed by atoms with van der Waals surface area (Å²) >= 11 is 13.1. The predicted octanol–water partition coefficient (Wildman–Crippen LogP) is 1.87. The highest BCUT2D eigenvalue weighted by Crippen LogP contribution is 2.25. The topological polar surface area (TPSA) is 72.2 Å². The van der Waals surface area contributed by atoms with Crippen molar-refractivity contribution in [2.24, 2.45) is 5.73 Å². The van der Waals surface area contributed by atoms with E-state index in [-0.39, 0.29) is 17.4 Å². The number of carbonyl (C=O) groups is 2. The molecule has 0 unspecified atom stereocenters. The molecule has 0 atom stereocenters. The Kier molecular flexibility index (Phi) is 7.05. The van der Waals surface area contributed by atoms with Gasteiger partial charge in [0.05, 0.1) is 21.6 Å². The summed E-state index contributed by atoms with van der Waals surface area (Å²) in [5.74, 6) is -0.201. The van der Waals surface area contributed by atoms with E-state index >= 15 is 0 Å². The van der Waals surface area contributed by atoms with Gasteiger partial charge < -0.3 is 11.1 Å². The Morgan fingerprint density at radius 1 is 1.26 bits per heavy atom. The molecule has 3 N–H and O–H groups in total. The molecular formula is C12H14Cl2N2O2S. The van der Waals surface area contributed by atoms with Crippen molar-refractivity contribution >= 4 is 46.8 Å². The number of rotatable bonds is 7. The van der Waals surface area contributed by atoms with Gasteiger partial charge in [0.1, 0.15) is 0 Å². The van der Waals surface area contributed by atoms with E-state index in [0.29, 0.717) is 23.0 Å². The standard InChI is InChI=1S/C12H14Cl2N2O2S/c13-9-3-1-2-8(12(9)14)4-5-16-11(18)7-19-6-10(15)17/h1-3H,4-7H2,(H2,15,17)(H,16,18). The largest absolute Gasteiger partial charge is 0.369 e. The second kappa shape index (κ2) is 8.30. The number of thioether (sulfide) groups is 1. The number of halogens is 2. The van der Waals surface area contributed by atoms with Crippen LogP contribution in [0.3, 0.4) is 0 Å². The number of benzene rings is 1. The summed E-state index contributed by atoms with van der Waals surface area (Å²) in [6.07, 6.45) is 0.603. The Labute approximate surface area is 126 Å². The predicted molar refractivity (Wildman–Crippen MR) is 79.7 cm³/mol. The van der Waals surface area contributed by atoms with Gasteiger partial charge in [-0.15, -0.1) is 11.8 Å². The molecule has 0 bridgehead atoms. The zero-order valence-electron chi connectivity index (χ0n) is 10.1. The third-order valence-corrected chi connectivity index (χ3v) is 4.04. The molecule has 0 fully saturated rings. The van der Waals surface area contributed by atoms with E-state index < -0.39 is 5.91 Å². The van der Waals surface area contributed by atoms with Crippen LogP contribution in [0.2, 0.25) is 10.0 Å². The van der Waals surface area contributed by atoms with Gasteiger partial charge in [-0.1, -0.05) is 35.3 Å². The molecule has 1 rings (SSSR count). The highest BCUT2D eigenvalue weighted by Gasteiger charge is 2.06. The number of hydrogen-bond acceptors (Lipinski definition) is 3. The fraction of sp³-hybridized carbons (Fsp3) is 0.333. The average molecular weight is 321 g/mol. The van der Waals surface area contributed by atoms with Crippen LogP contribution in [0.25, 0.3) is 0 Å². The van der Waals surface area contributed by atoms with Gasteiger partial charge in [-0.3, -0.25) is 9.59 Å². The van der Waals surface area contributed by atoms with Gasteiger partial charge in [0.25, 0.3) is 0 Å². The minimum absolute atomic E-state index is 0.135. The van der Waals surface area contributed by atoms with Crippen molar-refractivity contribution in [3.8, 4) is 0 Å². The summed E-state index contributed by atoms with van der Waals surface area (Å²) in [6.45, 7) is 0.468. The van der Waals surface area contributed by atoms with Gasteiger partial charge in [0.2, 0.25) is 11.8 Å². The van der Waals surface area contributed by atoms with Crippen LogP contribution in [0.4, 0.5) is 0 Å². The summed E-state index contributed by atoms with van der Waals surface area (Å²) in [5, 5.41) is 3.76. The van der Waals surface area contributed by atoms with Crippen molar-refractivity contribution in [2.75, 3.05) is 18.1 Å². The third kappa shape index (κ3) is 6.18. The molecule has 2 amide bonds. The molecule has 0 aliphatic rings. The molecule has 19 heavy (non-hydrogen) atoms. The molecule has 0 saturated heterocycles. The summed E-state index contributed by atoms with van der Waals surface area (Å²) in [4.78, 5) is 21.9. The normalized spacial score (nSPS) is 10.2. The lowest BCUT2D eigenvalue weighted by molar-refractivity contribution is -0.118. The number of hydrogen-bond donors (Lipinski definition) is 2. The lowest BCUT2D eigenvalue weighted by Crippen LogP contribution is -2.28. The van der Waals surface area contributed by atoms with Crippen molar-refractivity contribution in [3.05, 3.63) is 33.8 Å². The molecule has 7 heteroatoms. The van der Waals surface area contributed by atoms with E-state index in [0.717, 1.165) is 5.56 Å². The smallest absolute Gasteiger partial charge is 0.230 e. The minimum Gasteiger partial charge on any atom is -0.369 e. The molecule has 0 aliphatic heterocycles. The van der Waals surface area contributed by atoms with Crippen molar-refractivity contribution in [1.82, 2.24) is 5.32 Å². The van der Waals surface area contributed by atoms with Crippen LogP contribution in [0.5, 0.6) is 0 Å². The molecular weight excluding hydrogens is 307 g/mol. The van der Waals surface area contributed by atoms with E-state index in [1.807, 2.05) is 12.1 Å². The maximum atomic E-state index is 11.4. The number of nitrogens with one attached hydrogen (secondary N) is 1. The molecule has 0 aromatic heterocycles. The molecule has 1 aromatic rings. The number of primary amides is 1. The first-order chi connectivity index (χ1) is 9.00. The Bertz CT molecular complexity index is 469. The fourth-order valence-electron chi connectivity index (χ4n) is 1.37. The van der Waals surface area contributed by atoms with Gasteiger partial charge in [-0.25, -0.2) is 0 Å². The second-order valence-electron chi connectivity index (χ2n) is 3.77. The molecule has 0 radical (unpaired) electrons. The minimum atomic E-state index is -0.427. The van der Waals surface area contributed by atoms with E-state index in [1.165, 1.54) is 11.8 Å². The first-order valence-corrected chi connectivity index (χ1v) is 7.47. The SMILES string of the molecule is NC(=O)CSCC(=O)NCCc1cccc(Cl)c1Cl. The Morgan fingerprint density at radius 2 is 2.00 bits per heavy atom. The quantitative estimate of drug-likeness (QED) is 0.805. The van der Waals surface area contributed by atoms with Gasteiger partial charge in [-0.05, 0) is 18.1 Å². The maximum absolute atomic E-state index is 11.4. The van der Waals surface area contributed by atoms with Crippen LogP contribution in [-0.2, 0) is 16.0 Å². The van der Waals surface area contributed by atoms with Gasteiger partial charge in [-0.2, -0.15) is 0 Å². The van der Waals surface area contributed by atoms with Crippen LogP contribution in [-0.4, -0.2) is 29.9 Å². The first-order valence-electron chi connectivity index (χ1n) is 5.56. The summed E-state index contributed by atoms with van der Waals surface area (Å²) < 4.78 is 0. The monoisotopic (exact) mass is 320 g/mol. The zero-order chi connectivity index (χ0) is 14.3. The maximum Gasteiger partial charge on any atom is 0.230 e. The molecule has 4 nitrogen and oxygen atoms in total. The number of carbonyl (C=O) groups excluding carboxylic acids is 2. The van der Waals surface area contributed by atoms with E-state index in [2.05, 4.69) is 5.32 Å². The van der Waals surface area contributed by atoms with Crippen LogP contribution >= 0.6 is 35.0 Å². The second-order valence-corrected chi connectivity index (χ2v) is 5.54. The Hall–Kier alpha value is -0.910. The van der Waals surface area contributed by atoms with Crippen molar-refractivity contribution < 1.29 is 9.59 Å². The van der Waals surface area contributed by atoms with Gasteiger partial charge >= 0.3 is 0 Å². The van der Waals surface area contributed by atoms with Crippen LogP contribution in [0, 0.1) is 0 Å². The Balaban J connectivity index is 2.28. The van der Waals surface area contributed by atoms with Crippen LogP contribution < -0.4 is 11.1 Å². The van der Waals surface area contributed by atoms with Crippen molar-refractivity contribution in [1.29, 1.82) is 0 Å². The highest BCUT2D eigenvalue weighted by atomic mass is 35.5. The molecule has 0 heterocycles.